The molecule has 0 spiro atoms. The minimum absolute atomic E-state index is 0.0143. The Balaban J connectivity index is 0.878. The number of fused-ring (bicyclic) bond motifs is 8. The van der Waals surface area contributed by atoms with Gasteiger partial charge in [0.2, 0.25) is 12.0 Å². The molecule has 21 heteroatoms. The van der Waals surface area contributed by atoms with Gasteiger partial charge in [-0.05, 0) is 104 Å². The van der Waals surface area contributed by atoms with E-state index in [1.807, 2.05) is 38.1 Å². The van der Waals surface area contributed by atoms with Gasteiger partial charge >= 0.3 is 5.97 Å². The van der Waals surface area contributed by atoms with Gasteiger partial charge in [-0.1, -0.05) is 35.3 Å². The van der Waals surface area contributed by atoms with E-state index in [9.17, 15) is 14.3 Å². The van der Waals surface area contributed by atoms with Gasteiger partial charge in [-0.25, -0.2) is 29.1 Å². The summed E-state index contributed by atoms with van der Waals surface area (Å²) in [6.45, 7) is 9.41. The zero-order chi connectivity index (χ0) is 54.0. The predicted molar refractivity (Wildman–Crippen MR) is 291 cm³/mol. The van der Waals surface area contributed by atoms with E-state index in [0.29, 0.717) is 116 Å². The molecule has 78 heavy (non-hydrogen) atoms. The third-order valence-electron chi connectivity index (χ3n) is 14.5. The van der Waals surface area contributed by atoms with Crippen molar-refractivity contribution in [2.75, 3.05) is 79.9 Å². The number of nitrogens with zero attached hydrogens (tertiary/aromatic N) is 6. The van der Waals surface area contributed by atoms with Crippen LogP contribution in [0.4, 0.5) is 4.39 Å². The van der Waals surface area contributed by atoms with E-state index in [-0.39, 0.29) is 60.0 Å². The zero-order valence-electron chi connectivity index (χ0n) is 43.3. The second-order valence-electron chi connectivity index (χ2n) is 19.6. The number of ether oxygens (including phenoxy) is 9. The Morgan fingerprint density at radius 2 is 1.56 bits per heavy atom. The molecular weight excluding hydrogens is 1070 g/mol. The molecule has 0 saturated carbocycles. The monoisotopic (exact) mass is 1120 g/mol. The molecule has 0 radical (unpaired) electrons. The Morgan fingerprint density at radius 3 is 2.31 bits per heavy atom. The quantitative estimate of drug-likeness (QED) is 0.102. The number of carbonyl (C=O) groups is 1. The Bertz CT molecular complexity index is 3270. The van der Waals surface area contributed by atoms with Crippen LogP contribution in [0.2, 0.25) is 10.0 Å². The zero-order valence-corrected chi connectivity index (χ0v) is 45.6. The van der Waals surface area contributed by atoms with E-state index in [1.165, 1.54) is 29.8 Å². The first-order valence-corrected chi connectivity index (χ1v) is 27.3. The van der Waals surface area contributed by atoms with Crippen LogP contribution < -0.4 is 23.7 Å². The van der Waals surface area contributed by atoms with Crippen LogP contribution in [0.3, 0.4) is 0 Å². The molecule has 0 amide bonds. The lowest BCUT2D eigenvalue weighted by molar-refractivity contribution is -0.145. The van der Waals surface area contributed by atoms with Gasteiger partial charge in [0.15, 0.2) is 11.6 Å². The number of benzene rings is 4. The normalized spacial score (nSPS) is 21.6. The lowest BCUT2D eigenvalue weighted by Crippen LogP contribution is -2.49. The van der Waals surface area contributed by atoms with Gasteiger partial charge in [-0.2, -0.15) is 0 Å². The summed E-state index contributed by atoms with van der Waals surface area (Å²) in [5, 5.41) is 12.0. The number of methoxy groups -OCH3 is 1. The van der Waals surface area contributed by atoms with Crippen molar-refractivity contribution in [3.05, 3.63) is 124 Å². The Morgan fingerprint density at radius 1 is 0.833 bits per heavy atom. The molecule has 5 aliphatic heterocycles. The Hall–Kier alpha value is -6.26. The molecule has 7 aromatic rings. The second kappa shape index (κ2) is 23.6. The maximum Gasteiger partial charge on any atom is 0.345 e. The molecule has 8 heterocycles. The number of thiophene rings is 1. The van der Waals surface area contributed by atoms with Crippen molar-refractivity contribution in [3.63, 3.8) is 0 Å². The molecule has 4 bridgehead atoms. The molecule has 12 rings (SSSR count). The minimum Gasteiger partial charge on any atom is -0.491 e. The Labute approximate surface area is 464 Å². The third-order valence-corrected chi connectivity index (χ3v) is 16.6. The highest BCUT2D eigenvalue weighted by atomic mass is 35.5. The van der Waals surface area contributed by atoms with E-state index in [4.69, 9.17) is 70.8 Å². The highest BCUT2D eigenvalue weighted by Gasteiger charge is 2.48. The van der Waals surface area contributed by atoms with E-state index < -0.39 is 24.0 Å². The molecule has 0 aliphatic carbocycles. The fourth-order valence-corrected chi connectivity index (χ4v) is 12.0. The molecule has 408 valence electrons. The molecule has 1 unspecified atom stereocenters. The van der Waals surface area contributed by atoms with Crippen LogP contribution >= 0.6 is 34.5 Å². The molecule has 3 fully saturated rings. The minimum atomic E-state index is -1.49. The first kappa shape index (κ1) is 53.7. The molecule has 6 atom stereocenters. The van der Waals surface area contributed by atoms with Gasteiger partial charge in [0.1, 0.15) is 84.6 Å². The van der Waals surface area contributed by atoms with E-state index in [1.54, 1.807) is 49.7 Å². The summed E-state index contributed by atoms with van der Waals surface area (Å²) in [6.07, 6.45) is 0.236. The van der Waals surface area contributed by atoms with Crippen LogP contribution in [0.25, 0.3) is 43.2 Å². The molecular formula is C57H57Cl2FN6O11S. The fourth-order valence-electron chi connectivity index (χ4n) is 10.3. The third kappa shape index (κ3) is 11.4. The molecule has 4 aromatic carbocycles. The highest BCUT2D eigenvalue weighted by Crippen LogP contribution is 2.53. The molecule has 3 aromatic heterocycles. The number of likely N-dealkylation sites (N-methyl/N-ethyl adjacent to an activating group) is 1. The van der Waals surface area contributed by atoms with Crippen LogP contribution in [0.1, 0.15) is 22.4 Å². The van der Waals surface area contributed by atoms with Crippen molar-refractivity contribution in [1.82, 2.24) is 29.7 Å². The van der Waals surface area contributed by atoms with E-state index >= 15 is 0 Å². The first-order valence-electron chi connectivity index (χ1n) is 25.7. The number of aliphatic carboxylic acids is 1. The first-order chi connectivity index (χ1) is 37.9. The van der Waals surface area contributed by atoms with Crippen LogP contribution in [0, 0.1) is 19.7 Å². The average Bonchev–Trinajstić information content (AvgIpc) is 4.24. The van der Waals surface area contributed by atoms with Crippen molar-refractivity contribution in [2.24, 2.45) is 0 Å². The van der Waals surface area contributed by atoms with Crippen molar-refractivity contribution < 1.29 is 56.9 Å². The summed E-state index contributed by atoms with van der Waals surface area (Å²) in [6, 6.07) is 20.6. The molecule has 1 N–H and O–H groups in total. The molecule has 5 aliphatic rings. The van der Waals surface area contributed by atoms with Crippen LogP contribution in [-0.4, -0.2) is 157 Å². The standard InChI is InChI=1S/C57H57Cl2FN6O11S/c1-31-45-32(2)49(59)52(48(31)58)76-40(25-66-19-17-65(3)18-20-66)27-72-39-13-14-41(35(23-39)24-42(57(67)68)77-55-47-46(45)53(78-56(47)63-30-62-55)33-5-9-36(60)10-6-33)73-26-37-15-16-61-54(64-37)34-7-11-38(12-8-34)70-21-22-71-44-29-75-50-43(69-4)28-74-51(44)50/h5-16,23,30,40,42-44,50-51H,17-22,24-29H2,1-4H3,(H,67,68)/t40?,42-,43-,44-,50-,51-/m1/s1. The topological polar surface area (TPSA) is 178 Å². The SMILES string of the molecule is CO[C@@H]1CO[C@H]2[C@@H]1OC[C@H]2OCCOc1ccc(-c2nccc(COc3ccc4cc3C[C@H](C(=O)O)Oc3ncnc5sc(-c6ccc(F)cc6)c(c35)-c3c(C)c(Cl)c(c(Cl)c3C)OC(CN3CCN(C)CC3)CO4)n2)cc1. The van der Waals surface area contributed by atoms with Gasteiger partial charge in [0, 0.05) is 74.0 Å². The van der Waals surface area contributed by atoms with Gasteiger partial charge in [-0.3, -0.25) is 4.90 Å². The maximum absolute atomic E-state index is 14.4. The number of hydrogen-bond donors (Lipinski definition) is 1. The number of rotatable bonds is 14. The summed E-state index contributed by atoms with van der Waals surface area (Å²) in [7, 11) is 3.76. The predicted octanol–water partition coefficient (Wildman–Crippen LogP) is 9.16. The number of piperazine rings is 1. The van der Waals surface area contributed by atoms with E-state index in [2.05, 4.69) is 31.8 Å². The van der Waals surface area contributed by atoms with Crippen molar-refractivity contribution in [1.29, 1.82) is 0 Å². The van der Waals surface area contributed by atoms with Crippen molar-refractivity contribution >= 4 is 50.7 Å². The second-order valence-corrected chi connectivity index (χ2v) is 21.4. The maximum atomic E-state index is 14.4. The van der Waals surface area contributed by atoms with Gasteiger partial charge in [0.05, 0.1) is 40.9 Å². The lowest BCUT2D eigenvalue weighted by atomic mass is 9.92. The highest BCUT2D eigenvalue weighted by molar-refractivity contribution is 7.22. The summed E-state index contributed by atoms with van der Waals surface area (Å²) in [5.41, 5.74) is 5.04. The lowest BCUT2D eigenvalue weighted by Gasteiger charge is -2.35. The van der Waals surface area contributed by atoms with Crippen molar-refractivity contribution in [3.8, 4) is 61.8 Å². The molecule has 17 nitrogen and oxygen atoms in total. The number of carboxylic acids is 1. The van der Waals surface area contributed by atoms with Gasteiger partial charge < -0.3 is 52.6 Å². The van der Waals surface area contributed by atoms with Crippen LogP contribution in [0.15, 0.2) is 85.3 Å². The summed E-state index contributed by atoms with van der Waals surface area (Å²) >= 11 is 16.0. The summed E-state index contributed by atoms with van der Waals surface area (Å²) in [5.74, 6) is 0.621. The number of carboxylic acid groups (broad SMARTS) is 1. The van der Waals surface area contributed by atoms with Gasteiger partial charge in [0.25, 0.3) is 0 Å². The van der Waals surface area contributed by atoms with Crippen molar-refractivity contribution in [2.45, 2.75) is 63.5 Å². The largest absolute Gasteiger partial charge is 0.491 e. The van der Waals surface area contributed by atoms with Crippen LogP contribution in [0.5, 0.6) is 28.9 Å². The molecule has 3 saturated heterocycles. The number of hydrogen-bond acceptors (Lipinski definition) is 17. The van der Waals surface area contributed by atoms with Crippen LogP contribution in [-0.2, 0) is 36.8 Å². The summed E-state index contributed by atoms with van der Waals surface area (Å²) in [4.78, 5) is 37.8. The van der Waals surface area contributed by atoms with E-state index in [0.717, 1.165) is 31.7 Å². The average molecular weight is 1120 g/mol. The smallest absolute Gasteiger partial charge is 0.345 e. The van der Waals surface area contributed by atoms with Gasteiger partial charge in [-0.15, -0.1) is 11.3 Å². The number of halogens is 3. The number of aromatic nitrogens is 4. The summed E-state index contributed by atoms with van der Waals surface area (Å²) < 4.78 is 70.1. The fraction of sp³-hybridized carbons (Fsp3) is 0.386. The Kier molecular flexibility index (Phi) is 16.3.